The molecule has 0 aromatic rings. The lowest BCUT2D eigenvalue weighted by atomic mass is 10.00. The van der Waals surface area contributed by atoms with Gasteiger partial charge in [0.25, 0.3) is 0 Å². The van der Waals surface area contributed by atoms with Crippen molar-refractivity contribution >= 4 is 5.91 Å². The Morgan fingerprint density at radius 3 is 2.75 bits per heavy atom. The highest BCUT2D eigenvalue weighted by Gasteiger charge is 2.37. The average Bonchev–Trinajstić information content (AvgIpc) is 2.62. The van der Waals surface area contributed by atoms with Gasteiger partial charge in [0.2, 0.25) is 5.91 Å². The van der Waals surface area contributed by atoms with E-state index >= 15 is 0 Å². The summed E-state index contributed by atoms with van der Waals surface area (Å²) >= 11 is 0. The number of hydrogen-bond acceptors (Lipinski definition) is 3. The Kier molecular flexibility index (Phi) is 3.22. The predicted octanol–water partition coefficient (Wildman–Crippen LogP) is 0.751. The van der Waals surface area contributed by atoms with Crippen LogP contribution in [0.1, 0.15) is 33.1 Å². The van der Waals surface area contributed by atoms with Gasteiger partial charge in [0.1, 0.15) is 0 Å². The summed E-state index contributed by atoms with van der Waals surface area (Å²) < 4.78 is 5.61. The number of carbonyl (C=O) groups is 1. The topological polar surface area (TPSA) is 55.6 Å². The first-order chi connectivity index (χ1) is 7.49. The summed E-state index contributed by atoms with van der Waals surface area (Å²) in [7, 11) is 0. The number of rotatable bonds is 1. The van der Waals surface area contributed by atoms with E-state index in [2.05, 4.69) is 0 Å². The molecule has 1 heterocycles. The maximum absolute atomic E-state index is 12.3. The molecule has 92 valence electrons. The molecule has 2 fully saturated rings. The van der Waals surface area contributed by atoms with Crippen molar-refractivity contribution in [2.75, 3.05) is 19.7 Å². The smallest absolute Gasteiger partial charge is 0.227 e. The number of carbonyl (C=O) groups excluding carboxylic acids is 1. The van der Waals surface area contributed by atoms with Crippen molar-refractivity contribution in [3.05, 3.63) is 0 Å². The lowest BCUT2D eigenvalue weighted by Gasteiger charge is -2.39. The first-order valence-corrected chi connectivity index (χ1v) is 6.18. The Hall–Kier alpha value is -0.610. The minimum Gasteiger partial charge on any atom is -0.372 e. The highest BCUT2D eigenvalue weighted by Crippen LogP contribution is 2.27. The van der Waals surface area contributed by atoms with E-state index in [1.165, 1.54) is 0 Å². The molecular formula is C12H22N2O2. The van der Waals surface area contributed by atoms with Crippen molar-refractivity contribution in [3.8, 4) is 0 Å². The molecule has 1 aliphatic carbocycles. The summed E-state index contributed by atoms with van der Waals surface area (Å²) in [6.45, 7) is 6.10. The number of morpholine rings is 1. The number of ether oxygens (including phenoxy) is 1. The molecule has 2 rings (SSSR count). The van der Waals surface area contributed by atoms with Crippen LogP contribution >= 0.6 is 0 Å². The van der Waals surface area contributed by atoms with Gasteiger partial charge >= 0.3 is 0 Å². The third-order valence-electron chi connectivity index (χ3n) is 3.62. The summed E-state index contributed by atoms with van der Waals surface area (Å²) in [5, 5.41) is 0. The molecule has 1 saturated carbocycles. The van der Waals surface area contributed by atoms with E-state index in [4.69, 9.17) is 10.5 Å². The van der Waals surface area contributed by atoms with Crippen molar-refractivity contribution < 1.29 is 9.53 Å². The molecule has 0 bridgehead atoms. The Labute approximate surface area is 97.1 Å². The zero-order valence-electron chi connectivity index (χ0n) is 10.2. The van der Waals surface area contributed by atoms with Crippen LogP contribution in [-0.4, -0.2) is 42.1 Å². The van der Waals surface area contributed by atoms with Gasteiger partial charge in [-0.05, 0) is 26.7 Å². The molecule has 1 amide bonds. The molecule has 0 aromatic heterocycles. The van der Waals surface area contributed by atoms with Gasteiger partial charge in [-0.3, -0.25) is 4.79 Å². The summed E-state index contributed by atoms with van der Waals surface area (Å²) in [6.07, 6.45) is 3.03. The monoisotopic (exact) mass is 226 g/mol. The van der Waals surface area contributed by atoms with Crippen LogP contribution in [-0.2, 0) is 9.53 Å². The standard InChI is InChI=1S/C12H22N2O2/c1-12(2)8-14(6-7-16-12)11(15)9-4-3-5-10(9)13/h9-10H,3-8,13H2,1-2H3. The van der Waals surface area contributed by atoms with Crippen molar-refractivity contribution in [2.24, 2.45) is 11.7 Å². The number of nitrogens with zero attached hydrogens (tertiary/aromatic N) is 1. The minimum atomic E-state index is -0.212. The van der Waals surface area contributed by atoms with Gasteiger partial charge < -0.3 is 15.4 Å². The van der Waals surface area contributed by atoms with Crippen LogP contribution in [0.25, 0.3) is 0 Å². The second-order valence-electron chi connectivity index (χ2n) is 5.57. The van der Waals surface area contributed by atoms with Gasteiger partial charge in [0, 0.05) is 19.1 Å². The van der Waals surface area contributed by atoms with Crippen molar-refractivity contribution in [2.45, 2.75) is 44.8 Å². The van der Waals surface area contributed by atoms with E-state index in [1.807, 2.05) is 18.7 Å². The quantitative estimate of drug-likeness (QED) is 0.718. The van der Waals surface area contributed by atoms with Crippen LogP contribution < -0.4 is 5.73 Å². The molecule has 2 unspecified atom stereocenters. The Balaban J connectivity index is 1.99. The van der Waals surface area contributed by atoms with Gasteiger partial charge in [0.05, 0.1) is 18.1 Å². The highest BCUT2D eigenvalue weighted by atomic mass is 16.5. The first-order valence-electron chi connectivity index (χ1n) is 6.18. The van der Waals surface area contributed by atoms with Gasteiger partial charge in [-0.1, -0.05) is 6.42 Å². The van der Waals surface area contributed by atoms with Crippen LogP contribution in [0.4, 0.5) is 0 Å². The van der Waals surface area contributed by atoms with Crippen molar-refractivity contribution in [1.82, 2.24) is 4.90 Å². The minimum absolute atomic E-state index is 0.0499. The van der Waals surface area contributed by atoms with Crippen LogP contribution in [0, 0.1) is 5.92 Å². The molecule has 4 nitrogen and oxygen atoms in total. The highest BCUT2D eigenvalue weighted by molar-refractivity contribution is 5.80. The van der Waals surface area contributed by atoms with E-state index in [1.54, 1.807) is 0 Å². The van der Waals surface area contributed by atoms with Crippen LogP contribution in [0.2, 0.25) is 0 Å². The first kappa shape index (κ1) is 11.9. The number of hydrogen-bond donors (Lipinski definition) is 1. The summed E-state index contributed by atoms with van der Waals surface area (Å²) in [6, 6.07) is 0.0680. The fraction of sp³-hybridized carbons (Fsp3) is 0.917. The fourth-order valence-corrected chi connectivity index (χ4v) is 2.73. The van der Waals surface area contributed by atoms with E-state index in [-0.39, 0.29) is 23.5 Å². The van der Waals surface area contributed by atoms with Crippen LogP contribution in [0.3, 0.4) is 0 Å². The number of nitrogens with two attached hydrogens (primary N) is 1. The third kappa shape index (κ3) is 2.38. The maximum atomic E-state index is 12.3. The Morgan fingerprint density at radius 1 is 1.44 bits per heavy atom. The molecule has 0 aromatic carbocycles. The zero-order valence-corrected chi connectivity index (χ0v) is 10.2. The molecule has 2 N–H and O–H groups in total. The summed E-state index contributed by atoms with van der Waals surface area (Å²) in [5.41, 5.74) is 5.76. The molecule has 2 aliphatic rings. The van der Waals surface area contributed by atoms with E-state index in [9.17, 15) is 4.79 Å². The second kappa shape index (κ2) is 4.34. The lowest BCUT2D eigenvalue weighted by molar-refractivity contribution is -0.150. The molecule has 1 saturated heterocycles. The summed E-state index contributed by atoms with van der Waals surface area (Å²) in [5.74, 6) is 0.287. The zero-order chi connectivity index (χ0) is 11.8. The SMILES string of the molecule is CC1(C)CN(C(=O)C2CCCC2N)CCO1. The van der Waals surface area contributed by atoms with E-state index in [0.717, 1.165) is 19.3 Å². The van der Waals surface area contributed by atoms with Crippen LogP contribution in [0.5, 0.6) is 0 Å². The second-order valence-corrected chi connectivity index (χ2v) is 5.57. The normalized spacial score (nSPS) is 34.1. The fourth-order valence-electron chi connectivity index (χ4n) is 2.73. The summed E-state index contributed by atoms with van der Waals surface area (Å²) in [4.78, 5) is 14.2. The molecule has 1 aliphatic heterocycles. The molecule has 2 atom stereocenters. The van der Waals surface area contributed by atoms with Crippen molar-refractivity contribution in [3.63, 3.8) is 0 Å². The van der Waals surface area contributed by atoms with Gasteiger partial charge in [0.15, 0.2) is 0 Å². The molecule has 0 spiro atoms. The van der Waals surface area contributed by atoms with Crippen molar-refractivity contribution in [1.29, 1.82) is 0 Å². The van der Waals surface area contributed by atoms with Gasteiger partial charge in [-0.25, -0.2) is 0 Å². The molecule has 16 heavy (non-hydrogen) atoms. The largest absolute Gasteiger partial charge is 0.372 e. The maximum Gasteiger partial charge on any atom is 0.227 e. The Bertz CT molecular complexity index is 278. The van der Waals surface area contributed by atoms with E-state index < -0.39 is 0 Å². The lowest BCUT2D eigenvalue weighted by Crippen LogP contribution is -2.53. The average molecular weight is 226 g/mol. The van der Waals surface area contributed by atoms with Gasteiger partial charge in [-0.15, -0.1) is 0 Å². The molecule has 4 heteroatoms. The van der Waals surface area contributed by atoms with Gasteiger partial charge in [-0.2, -0.15) is 0 Å². The third-order valence-corrected chi connectivity index (χ3v) is 3.62. The molecule has 0 radical (unpaired) electrons. The molecular weight excluding hydrogens is 204 g/mol. The van der Waals surface area contributed by atoms with E-state index in [0.29, 0.717) is 19.7 Å². The van der Waals surface area contributed by atoms with Crippen LogP contribution in [0.15, 0.2) is 0 Å². The Morgan fingerprint density at radius 2 is 2.19 bits per heavy atom. The number of amides is 1. The predicted molar refractivity (Wildman–Crippen MR) is 61.9 cm³/mol.